The quantitative estimate of drug-likeness (QED) is 0.466. The van der Waals surface area contributed by atoms with E-state index in [9.17, 15) is 4.79 Å². The number of carbonyl (C=O) groups is 1. The normalized spacial score (nSPS) is 22.5. The first-order valence-corrected chi connectivity index (χ1v) is 14.3. The van der Waals surface area contributed by atoms with Gasteiger partial charge >= 0.3 is 0 Å². The number of ketones is 1. The van der Waals surface area contributed by atoms with Crippen LogP contribution >= 0.6 is 0 Å². The molecule has 1 aromatic carbocycles. The maximum absolute atomic E-state index is 13.6. The van der Waals surface area contributed by atoms with Crippen molar-refractivity contribution in [3.63, 3.8) is 0 Å². The zero-order chi connectivity index (χ0) is 23.4. The third kappa shape index (κ3) is 6.11. The van der Waals surface area contributed by atoms with E-state index in [1.54, 1.807) is 14.2 Å². The van der Waals surface area contributed by atoms with Crippen LogP contribution in [-0.2, 0) is 20.6 Å². The first-order chi connectivity index (χ1) is 14.3. The van der Waals surface area contributed by atoms with Crippen molar-refractivity contribution in [2.24, 2.45) is 5.41 Å². The molecule has 0 saturated heterocycles. The van der Waals surface area contributed by atoms with Crippen molar-refractivity contribution in [2.45, 2.75) is 97.2 Å². The second-order valence-electron chi connectivity index (χ2n) is 10.7. The Bertz CT molecular complexity index is 751. The Hall–Kier alpha value is -1.37. The van der Waals surface area contributed by atoms with E-state index in [1.165, 1.54) is 0 Å². The molecular formula is C25H42O5Si. The predicted molar refractivity (Wildman–Crippen MR) is 127 cm³/mol. The van der Waals surface area contributed by atoms with Crippen LogP contribution in [0.15, 0.2) is 18.2 Å². The molecule has 1 aliphatic carbocycles. The molecule has 31 heavy (non-hydrogen) atoms. The third-order valence-corrected chi connectivity index (χ3v) is 11.5. The number of ether oxygens (including phenoxy) is 3. The van der Waals surface area contributed by atoms with Gasteiger partial charge in [0.2, 0.25) is 0 Å². The Balaban J connectivity index is 2.15. The molecule has 1 saturated carbocycles. The Morgan fingerprint density at radius 1 is 1.03 bits per heavy atom. The summed E-state index contributed by atoms with van der Waals surface area (Å²) >= 11 is 0. The molecule has 1 aliphatic rings. The summed E-state index contributed by atoms with van der Waals surface area (Å²) in [4.78, 5) is 13.6. The summed E-state index contributed by atoms with van der Waals surface area (Å²) in [5, 5.41) is 0.109. The standard InChI is InChI=1S/C25H42O5Si/c1-24(2,3)31(8,9)30-22-13-11-10-12-20(23(26)25(22,4)5)29-17-18-14-15-19(27-6)21(16-18)28-7/h14-16,20,22H,10-13,17H2,1-9H3/t20-,22-/m0/s1. The minimum Gasteiger partial charge on any atom is -0.493 e. The number of carbonyl (C=O) groups excluding carboxylic acids is 1. The maximum atomic E-state index is 13.6. The summed E-state index contributed by atoms with van der Waals surface area (Å²) in [6.45, 7) is 15.7. The SMILES string of the molecule is COc1ccc(CO[C@H]2CCCC[C@H](O[Si](C)(C)C(C)(C)C)C(C)(C)C2=O)cc1OC. The molecule has 176 valence electrons. The predicted octanol–water partition coefficient (Wildman–Crippen LogP) is 6.15. The van der Waals surface area contributed by atoms with Gasteiger partial charge < -0.3 is 18.6 Å². The smallest absolute Gasteiger partial charge is 0.192 e. The van der Waals surface area contributed by atoms with Crippen LogP contribution in [0.5, 0.6) is 11.5 Å². The molecule has 0 amide bonds. The lowest BCUT2D eigenvalue weighted by Crippen LogP contribution is -2.52. The lowest BCUT2D eigenvalue weighted by atomic mass is 9.75. The lowest BCUT2D eigenvalue weighted by Gasteiger charge is -2.45. The van der Waals surface area contributed by atoms with Crippen molar-refractivity contribution in [3.05, 3.63) is 23.8 Å². The molecule has 0 heterocycles. The highest BCUT2D eigenvalue weighted by Crippen LogP contribution is 2.42. The summed E-state index contributed by atoms with van der Waals surface area (Å²) < 4.78 is 23.6. The zero-order valence-electron chi connectivity index (χ0n) is 21.0. The Kier molecular flexibility index (Phi) is 8.39. The number of hydrogen-bond acceptors (Lipinski definition) is 5. The highest BCUT2D eigenvalue weighted by atomic mass is 28.4. The average Bonchev–Trinajstić information content (AvgIpc) is 2.69. The van der Waals surface area contributed by atoms with Gasteiger partial charge in [0.05, 0.1) is 32.3 Å². The first kappa shape index (κ1) is 25.9. The van der Waals surface area contributed by atoms with Crippen molar-refractivity contribution in [1.82, 2.24) is 0 Å². The van der Waals surface area contributed by atoms with E-state index >= 15 is 0 Å². The van der Waals surface area contributed by atoms with E-state index in [2.05, 4.69) is 33.9 Å². The molecule has 1 fully saturated rings. The molecule has 0 aromatic heterocycles. The average molecular weight is 451 g/mol. The van der Waals surface area contributed by atoms with Gasteiger partial charge in [-0.3, -0.25) is 4.79 Å². The van der Waals surface area contributed by atoms with Gasteiger partial charge in [-0.15, -0.1) is 0 Å². The number of hydrogen-bond donors (Lipinski definition) is 0. The minimum atomic E-state index is -1.98. The van der Waals surface area contributed by atoms with Gasteiger partial charge in [-0.25, -0.2) is 0 Å². The molecule has 1 aromatic rings. The van der Waals surface area contributed by atoms with Crippen LogP contribution in [0.2, 0.25) is 18.1 Å². The molecule has 2 atom stereocenters. The summed E-state index contributed by atoms with van der Waals surface area (Å²) in [6, 6.07) is 5.72. The largest absolute Gasteiger partial charge is 0.493 e. The van der Waals surface area contributed by atoms with E-state index in [1.807, 2.05) is 32.0 Å². The fourth-order valence-corrected chi connectivity index (χ4v) is 5.27. The number of benzene rings is 1. The molecular weight excluding hydrogens is 408 g/mol. The van der Waals surface area contributed by atoms with Gasteiger partial charge in [0, 0.05) is 0 Å². The lowest BCUT2D eigenvalue weighted by molar-refractivity contribution is -0.147. The van der Waals surface area contributed by atoms with E-state index in [0.717, 1.165) is 31.2 Å². The maximum Gasteiger partial charge on any atom is 0.192 e. The van der Waals surface area contributed by atoms with Crippen molar-refractivity contribution >= 4 is 14.1 Å². The summed E-state index contributed by atoms with van der Waals surface area (Å²) in [6.07, 6.45) is 3.19. The number of methoxy groups -OCH3 is 2. The Morgan fingerprint density at radius 3 is 2.23 bits per heavy atom. The fraction of sp³-hybridized carbons (Fsp3) is 0.720. The van der Waals surface area contributed by atoms with Crippen LogP contribution in [0.3, 0.4) is 0 Å². The van der Waals surface area contributed by atoms with E-state index in [4.69, 9.17) is 18.6 Å². The molecule has 0 spiro atoms. The van der Waals surface area contributed by atoms with Crippen LogP contribution in [-0.4, -0.2) is 40.5 Å². The molecule has 5 nitrogen and oxygen atoms in total. The van der Waals surface area contributed by atoms with Gasteiger partial charge in [0.1, 0.15) is 6.10 Å². The van der Waals surface area contributed by atoms with Crippen molar-refractivity contribution in [2.75, 3.05) is 14.2 Å². The van der Waals surface area contributed by atoms with E-state index in [-0.39, 0.29) is 16.9 Å². The molecule has 6 heteroatoms. The molecule has 0 bridgehead atoms. The van der Waals surface area contributed by atoms with Crippen molar-refractivity contribution in [3.8, 4) is 11.5 Å². The Morgan fingerprint density at radius 2 is 1.65 bits per heavy atom. The molecule has 0 N–H and O–H groups in total. The third-order valence-electron chi connectivity index (χ3n) is 7.06. The van der Waals surface area contributed by atoms with Crippen LogP contribution in [0.1, 0.15) is 65.9 Å². The summed E-state index contributed by atoms with van der Waals surface area (Å²) in [5.41, 5.74) is 0.373. The highest BCUT2D eigenvalue weighted by molar-refractivity contribution is 6.74. The van der Waals surface area contributed by atoms with Crippen LogP contribution < -0.4 is 9.47 Å². The second kappa shape index (κ2) is 10.0. The molecule has 0 aliphatic heterocycles. The summed E-state index contributed by atoms with van der Waals surface area (Å²) in [5.74, 6) is 1.49. The van der Waals surface area contributed by atoms with E-state index < -0.39 is 19.8 Å². The zero-order valence-corrected chi connectivity index (χ0v) is 22.0. The van der Waals surface area contributed by atoms with Gasteiger partial charge in [0.25, 0.3) is 0 Å². The van der Waals surface area contributed by atoms with Gasteiger partial charge in [-0.2, -0.15) is 0 Å². The van der Waals surface area contributed by atoms with Crippen molar-refractivity contribution < 1.29 is 23.4 Å². The number of rotatable bonds is 7. The fourth-order valence-electron chi connectivity index (χ4n) is 3.79. The van der Waals surface area contributed by atoms with Gasteiger partial charge in [0.15, 0.2) is 25.6 Å². The summed E-state index contributed by atoms with van der Waals surface area (Å²) in [7, 11) is 1.25. The van der Waals surface area contributed by atoms with Crippen LogP contribution in [0.4, 0.5) is 0 Å². The van der Waals surface area contributed by atoms with Gasteiger partial charge in [-0.05, 0) is 48.7 Å². The highest BCUT2D eigenvalue weighted by Gasteiger charge is 2.47. The Labute approximate surface area is 189 Å². The second-order valence-corrected chi connectivity index (χ2v) is 15.5. The van der Waals surface area contributed by atoms with Crippen LogP contribution in [0, 0.1) is 5.41 Å². The topological polar surface area (TPSA) is 54.0 Å². The molecule has 0 radical (unpaired) electrons. The molecule has 0 unspecified atom stereocenters. The van der Waals surface area contributed by atoms with E-state index in [0.29, 0.717) is 18.1 Å². The number of Topliss-reactive ketones (excluding diaryl/α,β-unsaturated/α-hetero) is 1. The first-order valence-electron chi connectivity index (χ1n) is 11.4. The van der Waals surface area contributed by atoms with Crippen molar-refractivity contribution in [1.29, 1.82) is 0 Å². The minimum absolute atomic E-state index is 0.0756. The monoisotopic (exact) mass is 450 g/mol. The molecule has 2 rings (SSSR count). The van der Waals surface area contributed by atoms with Gasteiger partial charge in [-0.1, -0.05) is 53.5 Å². The van der Waals surface area contributed by atoms with Crippen LogP contribution in [0.25, 0.3) is 0 Å².